The minimum Gasteiger partial charge on any atom is -0.479 e. The van der Waals surface area contributed by atoms with E-state index in [0.29, 0.717) is 24.0 Å². The maximum Gasteiger partial charge on any atom is 0.330 e. The largest absolute Gasteiger partial charge is 0.479 e. The van der Waals surface area contributed by atoms with E-state index in [1.165, 1.54) is 4.57 Å². The monoisotopic (exact) mass is 342 g/mol. The normalized spacial score (nSPS) is 13.0. The molecule has 1 aromatic heterocycles. The maximum absolute atomic E-state index is 12.8. The van der Waals surface area contributed by atoms with E-state index in [-0.39, 0.29) is 5.56 Å². The van der Waals surface area contributed by atoms with E-state index < -0.39 is 24.0 Å². The Balaban J connectivity index is 2.32. The number of rotatable bonds is 7. The zero-order valence-corrected chi connectivity index (χ0v) is 14.3. The minimum atomic E-state index is -1.16. The summed E-state index contributed by atoms with van der Waals surface area (Å²) in [5.74, 6) is -1.63. The van der Waals surface area contributed by atoms with Gasteiger partial charge >= 0.3 is 5.97 Å². The van der Waals surface area contributed by atoms with Crippen molar-refractivity contribution in [1.82, 2.24) is 9.88 Å². The molecule has 2 aromatic rings. The van der Waals surface area contributed by atoms with Crippen LogP contribution >= 0.6 is 0 Å². The van der Waals surface area contributed by atoms with Gasteiger partial charge in [-0.25, -0.2) is 4.79 Å². The molecule has 1 amide bonds. The summed E-state index contributed by atoms with van der Waals surface area (Å²) in [6, 6.07) is 9.98. The van der Waals surface area contributed by atoms with E-state index in [1.807, 2.05) is 6.92 Å². The Bertz CT molecular complexity index is 799. The van der Waals surface area contributed by atoms with Gasteiger partial charge in [-0.05, 0) is 25.0 Å². The second-order valence-corrected chi connectivity index (χ2v) is 5.90. The van der Waals surface area contributed by atoms with Crippen molar-refractivity contribution in [2.24, 2.45) is 0 Å². The average molecular weight is 342 g/mol. The highest BCUT2D eigenvalue weighted by molar-refractivity contribution is 5.86. The first-order chi connectivity index (χ1) is 12.0. The molecule has 2 N–H and O–H groups in total. The lowest BCUT2D eigenvalue weighted by molar-refractivity contribution is -0.142. The van der Waals surface area contributed by atoms with Crippen LogP contribution in [-0.4, -0.2) is 21.6 Å². The Hall–Kier alpha value is -2.89. The summed E-state index contributed by atoms with van der Waals surface area (Å²) in [6.45, 7) is 3.59. The van der Waals surface area contributed by atoms with Gasteiger partial charge in [0.25, 0.3) is 5.56 Å². The molecule has 0 radical (unpaired) electrons. The van der Waals surface area contributed by atoms with Crippen LogP contribution in [0.25, 0.3) is 0 Å². The van der Waals surface area contributed by atoms with Crippen molar-refractivity contribution >= 4 is 11.9 Å². The Morgan fingerprint density at radius 2 is 1.84 bits per heavy atom. The van der Waals surface area contributed by atoms with Gasteiger partial charge < -0.3 is 15.0 Å². The van der Waals surface area contributed by atoms with Crippen molar-refractivity contribution in [3.05, 3.63) is 70.1 Å². The molecule has 1 aromatic carbocycles. The fraction of sp³-hybridized carbons (Fsp3) is 0.316. The van der Waals surface area contributed by atoms with Crippen LogP contribution < -0.4 is 10.9 Å². The van der Waals surface area contributed by atoms with Crippen molar-refractivity contribution in [3.63, 3.8) is 0 Å². The second kappa shape index (κ2) is 8.28. The van der Waals surface area contributed by atoms with Crippen molar-refractivity contribution in [2.75, 3.05) is 0 Å². The summed E-state index contributed by atoms with van der Waals surface area (Å²) in [5, 5.41) is 12.0. The highest BCUT2D eigenvalue weighted by Crippen LogP contribution is 2.17. The number of carbonyl (C=O) groups excluding carboxylic acids is 1. The van der Waals surface area contributed by atoms with Crippen molar-refractivity contribution < 1.29 is 14.7 Å². The first-order valence-electron chi connectivity index (χ1n) is 8.21. The number of aliphatic carboxylic acids is 1. The number of nitrogens with one attached hydrogen (secondary N) is 1. The summed E-state index contributed by atoms with van der Waals surface area (Å²) >= 11 is 0. The summed E-state index contributed by atoms with van der Waals surface area (Å²) < 4.78 is 1.37. The van der Waals surface area contributed by atoms with Gasteiger partial charge in [-0.2, -0.15) is 0 Å². The minimum absolute atomic E-state index is 0.248. The van der Waals surface area contributed by atoms with Gasteiger partial charge in [-0.1, -0.05) is 49.7 Å². The van der Waals surface area contributed by atoms with Crippen LogP contribution in [0.2, 0.25) is 0 Å². The summed E-state index contributed by atoms with van der Waals surface area (Å²) in [5.41, 5.74) is 0.770. The van der Waals surface area contributed by atoms with Gasteiger partial charge in [0.05, 0.1) is 0 Å². The van der Waals surface area contributed by atoms with Crippen LogP contribution in [0, 0.1) is 6.92 Å². The molecule has 6 heteroatoms. The van der Waals surface area contributed by atoms with E-state index >= 15 is 0 Å². The molecule has 0 bridgehead atoms. The van der Waals surface area contributed by atoms with Crippen molar-refractivity contribution in [3.8, 4) is 0 Å². The third-order valence-electron chi connectivity index (χ3n) is 4.03. The maximum atomic E-state index is 12.8. The smallest absolute Gasteiger partial charge is 0.330 e. The highest BCUT2D eigenvalue weighted by Gasteiger charge is 2.27. The van der Waals surface area contributed by atoms with Crippen molar-refractivity contribution in [1.29, 1.82) is 0 Å². The fourth-order valence-corrected chi connectivity index (χ4v) is 2.71. The lowest BCUT2D eigenvalue weighted by Crippen LogP contribution is -2.41. The van der Waals surface area contributed by atoms with Gasteiger partial charge in [0.2, 0.25) is 5.91 Å². The molecule has 0 spiro atoms. The zero-order chi connectivity index (χ0) is 18.4. The van der Waals surface area contributed by atoms with Gasteiger partial charge in [0.1, 0.15) is 6.04 Å². The molecule has 0 saturated carbocycles. The molecular weight excluding hydrogens is 320 g/mol. The van der Waals surface area contributed by atoms with Crippen LogP contribution in [0.1, 0.15) is 43.0 Å². The molecule has 0 fully saturated rings. The number of hydrogen-bond donors (Lipinski definition) is 2. The number of carboxylic acids is 1. The molecule has 0 aliphatic carbocycles. The first-order valence-corrected chi connectivity index (χ1v) is 8.21. The fourth-order valence-electron chi connectivity index (χ4n) is 2.71. The molecule has 2 unspecified atom stereocenters. The molecule has 0 aliphatic heterocycles. The molecule has 1 heterocycles. The number of carboxylic acid groups (broad SMARTS) is 1. The van der Waals surface area contributed by atoms with Crippen LogP contribution in [-0.2, 0) is 9.59 Å². The molecule has 2 atom stereocenters. The zero-order valence-electron chi connectivity index (χ0n) is 14.3. The highest BCUT2D eigenvalue weighted by atomic mass is 16.4. The SMILES string of the molecule is CCCC(C(=O)NC(C(=O)O)c1ccccc1)n1cccc(C)c1=O. The average Bonchev–Trinajstić information content (AvgIpc) is 2.60. The Kier molecular flexibility index (Phi) is 6.11. The standard InChI is InChI=1S/C19H22N2O4/c1-3-8-15(21-12-7-9-13(2)18(21)23)17(22)20-16(19(24)25)14-10-5-4-6-11-14/h4-7,9-12,15-16H,3,8H2,1-2H3,(H,20,22)(H,24,25). The van der Waals surface area contributed by atoms with Crippen LogP contribution in [0.5, 0.6) is 0 Å². The number of benzene rings is 1. The molecule has 0 aliphatic rings. The predicted octanol–water partition coefficient (Wildman–Crippen LogP) is 2.44. The first kappa shape index (κ1) is 18.4. The molecule has 0 saturated heterocycles. The number of aromatic nitrogens is 1. The van der Waals surface area contributed by atoms with Gasteiger partial charge in [0, 0.05) is 11.8 Å². The van der Waals surface area contributed by atoms with Crippen LogP contribution in [0.4, 0.5) is 0 Å². The van der Waals surface area contributed by atoms with E-state index in [4.69, 9.17) is 0 Å². The van der Waals surface area contributed by atoms with Gasteiger partial charge in [0.15, 0.2) is 6.04 Å². The molecule has 6 nitrogen and oxygen atoms in total. The lowest BCUT2D eigenvalue weighted by Gasteiger charge is -2.22. The topological polar surface area (TPSA) is 88.4 Å². The summed E-state index contributed by atoms with van der Waals surface area (Å²) in [6.07, 6.45) is 2.69. The number of nitrogens with zero attached hydrogens (tertiary/aromatic N) is 1. The third kappa shape index (κ3) is 4.35. The summed E-state index contributed by atoms with van der Waals surface area (Å²) in [7, 11) is 0. The Labute approximate surface area is 146 Å². The van der Waals surface area contributed by atoms with Crippen LogP contribution in [0.3, 0.4) is 0 Å². The molecular formula is C19H22N2O4. The number of aryl methyl sites for hydroxylation is 1. The second-order valence-electron chi connectivity index (χ2n) is 5.90. The van der Waals surface area contributed by atoms with E-state index in [9.17, 15) is 19.5 Å². The summed E-state index contributed by atoms with van der Waals surface area (Å²) in [4.78, 5) is 36.7. The molecule has 2 rings (SSSR count). The number of amides is 1. The van der Waals surface area contributed by atoms with Gasteiger partial charge in [-0.15, -0.1) is 0 Å². The lowest BCUT2D eigenvalue weighted by atomic mass is 10.1. The molecule has 132 valence electrons. The van der Waals surface area contributed by atoms with Crippen LogP contribution in [0.15, 0.2) is 53.5 Å². The Morgan fingerprint density at radius 1 is 1.16 bits per heavy atom. The van der Waals surface area contributed by atoms with E-state index in [1.54, 1.807) is 55.6 Å². The number of pyridine rings is 1. The predicted molar refractivity (Wildman–Crippen MR) is 94.3 cm³/mol. The molecule has 25 heavy (non-hydrogen) atoms. The quantitative estimate of drug-likeness (QED) is 0.809. The van der Waals surface area contributed by atoms with E-state index in [2.05, 4.69) is 5.32 Å². The number of hydrogen-bond acceptors (Lipinski definition) is 3. The van der Waals surface area contributed by atoms with E-state index in [0.717, 1.165) is 0 Å². The van der Waals surface area contributed by atoms with Crippen molar-refractivity contribution in [2.45, 2.75) is 38.8 Å². The Morgan fingerprint density at radius 3 is 2.44 bits per heavy atom. The number of carbonyl (C=O) groups is 2. The van der Waals surface area contributed by atoms with Gasteiger partial charge in [-0.3, -0.25) is 9.59 Å². The third-order valence-corrected chi connectivity index (χ3v) is 4.03.